The van der Waals surface area contributed by atoms with Crippen molar-refractivity contribution < 1.29 is 39.9 Å². The van der Waals surface area contributed by atoms with E-state index in [1.807, 2.05) is 0 Å². The van der Waals surface area contributed by atoms with E-state index in [0.717, 1.165) is 25.0 Å². The molecule has 4 aromatic rings. The van der Waals surface area contributed by atoms with E-state index in [-0.39, 0.29) is 32.9 Å². The number of hydrogen-bond acceptors (Lipinski definition) is 3. The Balaban J connectivity index is 1.71. The summed E-state index contributed by atoms with van der Waals surface area (Å²) >= 11 is 6.15. The summed E-state index contributed by atoms with van der Waals surface area (Å²) in [5.41, 5.74) is -3.58. The minimum atomic E-state index is -6.32. The van der Waals surface area contributed by atoms with Gasteiger partial charge in [-0.1, -0.05) is 48.0 Å². The Hall–Kier alpha value is -3.94. The summed E-state index contributed by atoms with van der Waals surface area (Å²) in [5.74, 6) is -7.60. The average Bonchev–Trinajstić information content (AvgIpc) is 3.47. The Morgan fingerprint density at radius 1 is 0.974 bits per heavy atom. The average molecular weight is 578 g/mol. The quantitative estimate of drug-likeness (QED) is 0.265. The fourth-order valence-electron chi connectivity index (χ4n) is 3.73. The molecule has 0 radical (unpaired) electrons. The molecule has 0 spiro atoms. The van der Waals surface area contributed by atoms with Gasteiger partial charge in [0.25, 0.3) is 5.91 Å². The second kappa shape index (κ2) is 9.98. The molecule has 15 heteroatoms. The van der Waals surface area contributed by atoms with E-state index in [1.54, 1.807) is 30.3 Å². The molecule has 39 heavy (non-hydrogen) atoms. The van der Waals surface area contributed by atoms with E-state index >= 15 is 0 Å². The molecule has 0 aliphatic carbocycles. The van der Waals surface area contributed by atoms with Crippen LogP contribution in [0.3, 0.4) is 0 Å². The highest BCUT2D eigenvalue weighted by Crippen LogP contribution is 2.49. The number of alkyl halides is 8. The van der Waals surface area contributed by atoms with Crippen molar-refractivity contribution in [3.05, 3.63) is 88.3 Å². The molecule has 2 aromatic carbocycles. The lowest BCUT2D eigenvalue weighted by Crippen LogP contribution is -2.36. The summed E-state index contributed by atoms with van der Waals surface area (Å²) in [4.78, 5) is 12.7. The van der Waals surface area contributed by atoms with Crippen molar-refractivity contribution in [3.63, 3.8) is 0 Å². The van der Waals surface area contributed by atoms with Crippen LogP contribution >= 0.6 is 11.6 Å². The third kappa shape index (κ3) is 5.46. The van der Waals surface area contributed by atoms with Gasteiger partial charge in [-0.15, -0.1) is 0 Å². The Kier molecular flexibility index (Phi) is 7.19. The molecule has 4 rings (SSSR count). The topological polar surface area (TPSA) is 64.7 Å². The van der Waals surface area contributed by atoms with Crippen LogP contribution in [0.1, 0.15) is 27.2 Å². The van der Waals surface area contributed by atoms with Crippen LogP contribution in [0.15, 0.2) is 60.9 Å². The monoisotopic (exact) mass is 577 g/mol. The van der Waals surface area contributed by atoms with Gasteiger partial charge >= 0.3 is 18.3 Å². The summed E-state index contributed by atoms with van der Waals surface area (Å²) in [6.45, 7) is 0.184. The highest BCUT2D eigenvalue weighted by atomic mass is 35.5. The van der Waals surface area contributed by atoms with Crippen LogP contribution in [-0.4, -0.2) is 31.6 Å². The fraction of sp³-hybridized carbons (Fsp3) is 0.208. The first-order chi connectivity index (χ1) is 18.1. The minimum Gasteiger partial charge on any atom is -0.348 e. The normalized spacial score (nSPS) is 12.6. The minimum absolute atomic E-state index is 0.0291. The molecule has 0 bridgehead atoms. The van der Waals surface area contributed by atoms with Crippen LogP contribution in [0.25, 0.3) is 16.9 Å². The molecule has 6 nitrogen and oxygen atoms in total. The molecule has 0 saturated heterocycles. The maximum Gasteiger partial charge on any atom is 0.459 e. The van der Waals surface area contributed by atoms with Gasteiger partial charge in [-0.2, -0.15) is 45.3 Å². The van der Waals surface area contributed by atoms with Crippen molar-refractivity contribution in [1.29, 1.82) is 0 Å². The number of carbonyl (C=O) groups is 1. The van der Waals surface area contributed by atoms with Gasteiger partial charge in [0.15, 0.2) is 11.5 Å². The van der Waals surface area contributed by atoms with E-state index in [0.29, 0.717) is 4.68 Å². The molecule has 1 N–H and O–H groups in total. The van der Waals surface area contributed by atoms with Crippen molar-refractivity contribution in [1.82, 2.24) is 24.9 Å². The number of aryl methyl sites for hydroxylation is 1. The zero-order chi connectivity index (χ0) is 28.8. The van der Waals surface area contributed by atoms with Gasteiger partial charge in [0.2, 0.25) is 0 Å². The molecule has 0 atom stereocenters. The second-order valence-corrected chi connectivity index (χ2v) is 8.68. The number of nitrogens with zero attached hydrogens (tertiary/aromatic N) is 4. The van der Waals surface area contributed by atoms with Crippen LogP contribution < -0.4 is 5.32 Å². The van der Waals surface area contributed by atoms with Crippen molar-refractivity contribution in [2.45, 2.75) is 24.8 Å². The zero-order valence-corrected chi connectivity index (χ0v) is 20.3. The molecular formula is C24H16ClF8N5O. The van der Waals surface area contributed by atoms with Crippen molar-refractivity contribution in [3.8, 4) is 16.9 Å². The fourth-order valence-corrected chi connectivity index (χ4v) is 3.94. The van der Waals surface area contributed by atoms with Gasteiger partial charge in [-0.3, -0.25) is 4.79 Å². The lowest BCUT2D eigenvalue weighted by Gasteiger charge is -2.19. The van der Waals surface area contributed by atoms with Gasteiger partial charge in [0, 0.05) is 25.4 Å². The maximum atomic E-state index is 14.0. The largest absolute Gasteiger partial charge is 0.459 e. The molecule has 1 amide bonds. The van der Waals surface area contributed by atoms with Crippen LogP contribution in [0, 0.1) is 0 Å². The Labute approximate surface area is 219 Å². The first-order valence-corrected chi connectivity index (χ1v) is 11.3. The molecule has 0 saturated carbocycles. The summed E-state index contributed by atoms with van der Waals surface area (Å²) < 4.78 is 109. The third-order valence-corrected chi connectivity index (χ3v) is 5.92. The zero-order valence-electron chi connectivity index (χ0n) is 19.6. The SMILES string of the molecule is Cn1nc(C(F)(F)C(F)(F)F)c(C(F)(F)F)c1-n1cc(-c2ccc(Cl)c(C(=O)NCc3ccccc3)c2)cn1. The van der Waals surface area contributed by atoms with Crippen LogP contribution in [0.2, 0.25) is 5.02 Å². The number of amides is 1. The Morgan fingerprint density at radius 2 is 1.64 bits per heavy atom. The van der Waals surface area contributed by atoms with Gasteiger partial charge in [0.05, 0.1) is 16.8 Å². The second-order valence-electron chi connectivity index (χ2n) is 8.28. The lowest BCUT2D eigenvalue weighted by molar-refractivity contribution is -0.292. The molecule has 0 fully saturated rings. The summed E-state index contributed by atoms with van der Waals surface area (Å²) in [6, 6.07) is 13.1. The molecule has 0 aliphatic heterocycles. The molecule has 0 aliphatic rings. The van der Waals surface area contributed by atoms with Gasteiger partial charge in [-0.25, -0.2) is 9.36 Å². The molecule has 0 unspecified atom stereocenters. The molecule has 2 heterocycles. The van der Waals surface area contributed by atoms with Gasteiger partial charge in [0.1, 0.15) is 5.56 Å². The maximum absolute atomic E-state index is 14.0. The summed E-state index contributed by atoms with van der Waals surface area (Å²) in [5, 5.41) is 9.34. The first-order valence-electron chi connectivity index (χ1n) is 10.9. The molecular weight excluding hydrogens is 562 g/mol. The standard InChI is InChI=1S/C24H16ClF8N5O/c1-37-21(18(23(28,29)30)19(36-37)22(26,27)24(31,32)33)38-12-15(11-35-38)14-7-8-17(25)16(9-14)20(39)34-10-13-5-3-2-4-6-13/h2-9,11-12H,10H2,1H3,(H,34,39). The van der Waals surface area contributed by atoms with E-state index < -0.39 is 41.3 Å². The Morgan fingerprint density at radius 3 is 2.26 bits per heavy atom. The van der Waals surface area contributed by atoms with Crippen molar-refractivity contribution in [2.75, 3.05) is 0 Å². The number of hydrogen-bond donors (Lipinski definition) is 1. The number of halogens is 9. The van der Waals surface area contributed by atoms with Crippen molar-refractivity contribution in [2.24, 2.45) is 7.05 Å². The number of carbonyl (C=O) groups excluding carboxylic acids is 1. The van der Waals surface area contributed by atoms with Crippen LogP contribution in [0.5, 0.6) is 0 Å². The van der Waals surface area contributed by atoms with Gasteiger partial charge < -0.3 is 5.32 Å². The number of rotatable bonds is 6. The highest BCUT2D eigenvalue weighted by molar-refractivity contribution is 6.34. The number of benzene rings is 2. The smallest absolute Gasteiger partial charge is 0.348 e. The van der Waals surface area contributed by atoms with Crippen molar-refractivity contribution >= 4 is 17.5 Å². The first kappa shape index (κ1) is 28.1. The highest BCUT2D eigenvalue weighted by Gasteiger charge is 2.64. The Bertz CT molecular complexity index is 1510. The van der Waals surface area contributed by atoms with E-state index in [9.17, 15) is 39.9 Å². The number of aromatic nitrogens is 4. The van der Waals surface area contributed by atoms with E-state index in [1.165, 1.54) is 18.2 Å². The van der Waals surface area contributed by atoms with Crippen LogP contribution in [0.4, 0.5) is 35.1 Å². The lowest BCUT2D eigenvalue weighted by atomic mass is 10.1. The predicted molar refractivity (Wildman–Crippen MR) is 123 cm³/mol. The molecule has 2 aromatic heterocycles. The van der Waals surface area contributed by atoms with Crippen LogP contribution in [-0.2, 0) is 25.7 Å². The van der Waals surface area contributed by atoms with E-state index in [4.69, 9.17) is 11.6 Å². The molecule has 206 valence electrons. The van der Waals surface area contributed by atoms with Gasteiger partial charge in [-0.05, 0) is 23.3 Å². The van der Waals surface area contributed by atoms with E-state index in [2.05, 4.69) is 15.5 Å². The summed E-state index contributed by atoms with van der Waals surface area (Å²) in [7, 11) is 0.777. The predicted octanol–water partition coefficient (Wildman–Crippen LogP) is 6.53. The third-order valence-electron chi connectivity index (χ3n) is 5.59. The summed E-state index contributed by atoms with van der Waals surface area (Å²) in [6.07, 6.45) is -9.95. The number of nitrogens with one attached hydrogen (secondary N) is 1.